The van der Waals surface area contributed by atoms with E-state index in [4.69, 9.17) is 5.26 Å². The van der Waals surface area contributed by atoms with Gasteiger partial charge in [-0.2, -0.15) is 5.26 Å². The van der Waals surface area contributed by atoms with Crippen molar-refractivity contribution in [1.82, 2.24) is 9.97 Å². The minimum Gasteiger partial charge on any atom is -0.367 e. The van der Waals surface area contributed by atoms with Crippen molar-refractivity contribution in [2.45, 2.75) is 25.2 Å². The summed E-state index contributed by atoms with van der Waals surface area (Å²) in [6, 6.07) is 7.13. The molecule has 1 unspecified atom stereocenters. The van der Waals surface area contributed by atoms with E-state index in [1.165, 1.54) is 17.8 Å². The summed E-state index contributed by atoms with van der Waals surface area (Å²) in [6.45, 7) is 0.597. The molecule has 4 nitrogen and oxygen atoms in total. The van der Waals surface area contributed by atoms with Crippen LogP contribution in [0.2, 0.25) is 0 Å². The molecule has 0 fully saturated rings. The third-order valence-electron chi connectivity index (χ3n) is 3.80. The van der Waals surface area contributed by atoms with Crippen molar-refractivity contribution < 1.29 is 4.39 Å². The molecule has 21 heavy (non-hydrogen) atoms. The van der Waals surface area contributed by atoms with Gasteiger partial charge in [0.05, 0.1) is 5.56 Å². The second-order valence-electron chi connectivity index (χ2n) is 5.18. The first-order valence-electron chi connectivity index (χ1n) is 7.01. The summed E-state index contributed by atoms with van der Waals surface area (Å²) in [7, 11) is 0. The molecule has 2 aromatic heterocycles. The van der Waals surface area contributed by atoms with E-state index >= 15 is 0 Å². The maximum absolute atomic E-state index is 13.8. The van der Waals surface area contributed by atoms with E-state index in [1.54, 1.807) is 6.20 Å². The fraction of sp³-hybridized carbons (Fsp3) is 0.312. The van der Waals surface area contributed by atoms with Crippen LogP contribution in [0.4, 0.5) is 10.2 Å². The Morgan fingerprint density at radius 1 is 1.43 bits per heavy atom. The van der Waals surface area contributed by atoms with Gasteiger partial charge in [0, 0.05) is 30.6 Å². The van der Waals surface area contributed by atoms with Gasteiger partial charge in [-0.05, 0) is 37.0 Å². The van der Waals surface area contributed by atoms with Crippen LogP contribution in [0.3, 0.4) is 0 Å². The first kappa shape index (κ1) is 13.5. The zero-order valence-corrected chi connectivity index (χ0v) is 11.5. The second-order valence-corrected chi connectivity index (χ2v) is 5.18. The van der Waals surface area contributed by atoms with Crippen molar-refractivity contribution in [2.75, 3.05) is 11.9 Å². The number of nitrogens with zero attached hydrogens (tertiary/aromatic N) is 3. The van der Waals surface area contributed by atoms with Crippen molar-refractivity contribution in [1.29, 1.82) is 5.26 Å². The Labute approximate surface area is 122 Å². The molecular weight excluding hydrogens is 267 g/mol. The van der Waals surface area contributed by atoms with Gasteiger partial charge < -0.3 is 5.32 Å². The minimum absolute atomic E-state index is 0.192. The van der Waals surface area contributed by atoms with E-state index in [0.29, 0.717) is 6.54 Å². The van der Waals surface area contributed by atoms with E-state index in [-0.39, 0.29) is 17.3 Å². The van der Waals surface area contributed by atoms with E-state index in [9.17, 15) is 4.39 Å². The van der Waals surface area contributed by atoms with Gasteiger partial charge in [0.1, 0.15) is 6.07 Å². The van der Waals surface area contributed by atoms with Crippen LogP contribution in [-0.2, 0) is 6.42 Å². The molecule has 1 atom stereocenters. The molecular formula is C16H15FN4. The number of aromatic nitrogens is 2. The summed E-state index contributed by atoms with van der Waals surface area (Å²) in [5, 5.41) is 11.7. The molecule has 0 amide bonds. The predicted molar refractivity (Wildman–Crippen MR) is 77.3 cm³/mol. The highest BCUT2D eigenvalue weighted by Crippen LogP contribution is 2.30. The monoisotopic (exact) mass is 282 g/mol. The molecule has 0 saturated heterocycles. The summed E-state index contributed by atoms with van der Waals surface area (Å²) >= 11 is 0. The normalized spacial score (nSPS) is 16.9. The van der Waals surface area contributed by atoms with Crippen LogP contribution < -0.4 is 5.32 Å². The first-order valence-corrected chi connectivity index (χ1v) is 7.01. The van der Waals surface area contributed by atoms with Crippen molar-refractivity contribution in [3.63, 3.8) is 0 Å². The zero-order chi connectivity index (χ0) is 14.7. The quantitative estimate of drug-likeness (QED) is 0.940. The number of pyridine rings is 2. The number of aryl methyl sites for hydroxylation is 1. The van der Waals surface area contributed by atoms with Crippen LogP contribution >= 0.6 is 0 Å². The lowest BCUT2D eigenvalue weighted by atomic mass is 9.86. The molecule has 2 heterocycles. The van der Waals surface area contributed by atoms with Gasteiger partial charge in [-0.1, -0.05) is 6.07 Å². The lowest BCUT2D eigenvalue weighted by Gasteiger charge is -2.24. The Morgan fingerprint density at radius 2 is 2.33 bits per heavy atom. The van der Waals surface area contributed by atoms with Crippen LogP contribution in [0.5, 0.6) is 0 Å². The van der Waals surface area contributed by atoms with Crippen molar-refractivity contribution >= 4 is 5.82 Å². The van der Waals surface area contributed by atoms with Gasteiger partial charge in [0.25, 0.3) is 0 Å². The Bertz CT molecular complexity index is 693. The van der Waals surface area contributed by atoms with Crippen molar-refractivity contribution in [3.8, 4) is 6.07 Å². The van der Waals surface area contributed by atoms with Gasteiger partial charge in [-0.15, -0.1) is 0 Å². The smallest absolute Gasteiger partial charge is 0.166 e. The maximum atomic E-state index is 13.8. The summed E-state index contributed by atoms with van der Waals surface area (Å²) in [5.74, 6) is -0.0325. The molecule has 0 bridgehead atoms. The van der Waals surface area contributed by atoms with Gasteiger partial charge in [-0.3, -0.25) is 4.98 Å². The highest BCUT2D eigenvalue weighted by atomic mass is 19.1. The molecule has 0 saturated carbocycles. The van der Waals surface area contributed by atoms with E-state index < -0.39 is 5.82 Å². The fourth-order valence-electron chi connectivity index (χ4n) is 2.75. The third kappa shape index (κ3) is 2.84. The SMILES string of the molecule is N#Cc1cnc(NCC2CCCc3cccnc32)c(F)c1. The maximum Gasteiger partial charge on any atom is 0.166 e. The third-order valence-corrected chi connectivity index (χ3v) is 3.80. The standard InChI is InChI=1S/C16H15FN4/c17-14-7-11(8-18)9-20-16(14)21-10-13-4-1-3-12-5-2-6-19-15(12)13/h2,5-7,9,13H,1,3-4,10H2,(H,20,21). The van der Waals surface area contributed by atoms with E-state index in [2.05, 4.69) is 21.4 Å². The summed E-state index contributed by atoms with van der Waals surface area (Å²) < 4.78 is 13.8. The van der Waals surface area contributed by atoms with Gasteiger partial charge in [0.15, 0.2) is 11.6 Å². The predicted octanol–water partition coefficient (Wildman–Crippen LogP) is 3.02. The minimum atomic E-state index is -0.494. The Hall–Kier alpha value is -2.48. The number of rotatable bonds is 3. The largest absolute Gasteiger partial charge is 0.367 e. The molecule has 1 aliphatic rings. The molecule has 0 spiro atoms. The molecule has 0 aromatic carbocycles. The molecule has 5 heteroatoms. The Morgan fingerprint density at radius 3 is 3.14 bits per heavy atom. The van der Waals surface area contributed by atoms with Crippen LogP contribution in [0.1, 0.15) is 35.6 Å². The summed E-state index contributed by atoms with van der Waals surface area (Å²) in [4.78, 5) is 8.43. The Balaban J connectivity index is 1.73. The number of hydrogen-bond donors (Lipinski definition) is 1. The van der Waals surface area contributed by atoms with Crippen LogP contribution in [0, 0.1) is 17.1 Å². The highest BCUT2D eigenvalue weighted by Gasteiger charge is 2.21. The first-order chi connectivity index (χ1) is 10.3. The average molecular weight is 282 g/mol. The topological polar surface area (TPSA) is 61.6 Å². The lowest BCUT2D eigenvalue weighted by molar-refractivity contribution is 0.552. The van der Waals surface area contributed by atoms with Crippen LogP contribution in [-0.4, -0.2) is 16.5 Å². The molecule has 1 N–H and O–H groups in total. The summed E-state index contributed by atoms with van der Waals surface area (Å²) in [6.07, 6.45) is 6.39. The average Bonchev–Trinajstić information content (AvgIpc) is 2.53. The van der Waals surface area contributed by atoms with Crippen molar-refractivity contribution in [3.05, 3.63) is 53.2 Å². The number of fused-ring (bicyclic) bond motifs is 1. The lowest BCUT2D eigenvalue weighted by Crippen LogP contribution is -2.20. The van der Waals surface area contributed by atoms with E-state index in [1.807, 2.05) is 12.1 Å². The van der Waals surface area contributed by atoms with Gasteiger partial charge >= 0.3 is 0 Å². The molecule has 1 aliphatic carbocycles. The van der Waals surface area contributed by atoms with Crippen LogP contribution in [0.25, 0.3) is 0 Å². The molecule has 2 aromatic rings. The number of nitriles is 1. The fourth-order valence-corrected chi connectivity index (χ4v) is 2.75. The molecule has 106 valence electrons. The number of nitrogens with one attached hydrogen (secondary N) is 1. The van der Waals surface area contributed by atoms with Gasteiger partial charge in [0.2, 0.25) is 0 Å². The Kier molecular flexibility index (Phi) is 3.78. The van der Waals surface area contributed by atoms with E-state index in [0.717, 1.165) is 25.0 Å². The highest BCUT2D eigenvalue weighted by molar-refractivity contribution is 5.41. The number of halogens is 1. The van der Waals surface area contributed by atoms with Gasteiger partial charge in [-0.25, -0.2) is 9.37 Å². The molecule has 3 rings (SSSR count). The number of hydrogen-bond acceptors (Lipinski definition) is 4. The molecule has 0 aliphatic heterocycles. The second kappa shape index (κ2) is 5.88. The van der Waals surface area contributed by atoms with Crippen molar-refractivity contribution in [2.24, 2.45) is 0 Å². The number of anilines is 1. The molecule has 0 radical (unpaired) electrons. The summed E-state index contributed by atoms with van der Waals surface area (Å²) in [5.41, 5.74) is 2.61. The zero-order valence-electron chi connectivity index (χ0n) is 11.5. The van der Waals surface area contributed by atoms with Crippen LogP contribution in [0.15, 0.2) is 30.6 Å².